The zero-order valence-electron chi connectivity index (χ0n) is 17.5. The van der Waals surface area contributed by atoms with E-state index < -0.39 is 16.0 Å². The summed E-state index contributed by atoms with van der Waals surface area (Å²) >= 11 is 0. The van der Waals surface area contributed by atoms with Crippen LogP contribution in [0.2, 0.25) is 0 Å². The molecule has 0 radical (unpaired) electrons. The Morgan fingerprint density at radius 2 is 1.83 bits per heavy atom. The number of aromatic nitrogens is 1. The second-order valence-corrected chi connectivity index (χ2v) is 9.52. The van der Waals surface area contributed by atoms with Crippen LogP contribution in [0.15, 0.2) is 39.8 Å². The molecule has 0 atom stereocenters. The lowest BCUT2D eigenvalue weighted by molar-refractivity contribution is 0.0594. The number of hydrogen-bond donors (Lipinski definition) is 0. The molecular weight excluding hydrogens is 396 g/mol. The van der Waals surface area contributed by atoms with Gasteiger partial charge in [0.2, 0.25) is 15.9 Å². The van der Waals surface area contributed by atoms with Crippen LogP contribution in [0.3, 0.4) is 0 Å². The largest absolute Gasteiger partial charge is 0.464 e. The van der Waals surface area contributed by atoms with Gasteiger partial charge in [-0.2, -0.15) is 4.31 Å². The topological polar surface area (TPSA) is 98.9 Å². The highest BCUT2D eigenvalue weighted by Crippen LogP contribution is 2.25. The van der Waals surface area contributed by atoms with Gasteiger partial charge in [-0.1, -0.05) is 32.9 Å². The number of carbonyl (C=O) groups is 1. The second kappa shape index (κ2) is 9.51. The number of methoxy groups -OCH3 is 2. The van der Waals surface area contributed by atoms with Gasteiger partial charge in [-0.05, 0) is 29.5 Å². The summed E-state index contributed by atoms with van der Waals surface area (Å²) in [5.74, 6) is -0.538. The van der Waals surface area contributed by atoms with Crippen LogP contribution in [0.1, 0.15) is 49.1 Å². The van der Waals surface area contributed by atoms with Gasteiger partial charge in [0, 0.05) is 20.3 Å². The first-order valence-electron chi connectivity index (χ1n) is 9.22. The summed E-state index contributed by atoms with van der Waals surface area (Å²) in [5.41, 5.74) is 0.951. The van der Waals surface area contributed by atoms with Crippen LogP contribution in [0, 0.1) is 0 Å². The summed E-state index contributed by atoms with van der Waals surface area (Å²) in [5, 5.41) is 0. The fourth-order valence-corrected chi connectivity index (χ4v) is 4.11. The molecule has 1 aromatic carbocycles. The van der Waals surface area contributed by atoms with Crippen LogP contribution < -0.4 is 0 Å². The predicted octanol–water partition coefficient (Wildman–Crippen LogP) is 2.99. The molecule has 0 N–H and O–H groups in total. The van der Waals surface area contributed by atoms with Crippen molar-refractivity contribution in [3.05, 3.63) is 47.7 Å². The number of oxazole rings is 1. The first kappa shape index (κ1) is 23.1. The Morgan fingerprint density at radius 1 is 1.17 bits per heavy atom. The van der Waals surface area contributed by atoms with Crippen molar-refractivity contribution in [2.24, 2.45) is 0 Å². The lowest BCUT2D eigenvalue weighted by atomic mass is 9.87. The summed E-state index contributed by atoms with van der Waals surface area (Å²) in [6.45, 7) is 6.71. The minimum atomic E-state index is -3.80. The van der Waals surface area contributed by atoms with E-state index in [2.05, 4.69) is 30.5 Å². The Labute approximate surface area is 171 Å². The van der Waals surface area contributed by atoms with E-state index in [9.17, 15) is 13.2 Å². The lowest BCUT2D eigenvalue weighted by Gasteiger charge is -2.22. The molecule has 0 aliphatic carbocycles. The molecule has 1 heterocycles. The van der Waals surface area contributed by atoms with Crippen molar-refractivity contribution in [3.8, 4) is 0 Å². The zero-order valence-corrected chi connectivity index (χ0v) is 18.3. The molecule has 1 aromatic heterocycles. The Morgan fingerprint density at radius 3 is 2.38 bits per heavy atom. The SMILES string of the molecule is COCCCN(Cc1nc(C(=O)OC)co1)S(=O)(=O)c1ccc(C(C)(C)C)cc1. The highest BCUT2D eigenvalue weighted by Gasteiger charge is 2.27. The van der Waals surface area contributed by atoms with Crippen LogP contribution in [0.5, 0.6) is 0 Å². The molecule has 0 spiro atoms. The van der Waals surface area contributed by atoms with E-state index in [-0.39, 0.29) is 35.0 Å². The molecule has 0 bridgehead atoms. The van der Waals surface area contributed by atoms with Crippen LogP contribution in [0.4, 0.5) is 0 Å². The van der Waals surface area contributed by atoms with E-state index in [1.807, 2.05) is 12.1 Å². The monoisotopic (exact) mass is 424 g/mol. The molecule has 0 amide bonds. The molecule has 9 heteroatoms. The van der Waals surface area contributed by atoms with Crippen molar-refractivity contribution >= 4 is 16.0 Å². The van der Waals surface area contributed by atoms with E-state index in [0.29, 0.717) is 13.0 Å². The van der Waals surface area contributed by atoms with Gasteiger partial charge in [0.25, 0.3) is 0 Å². The molecule has 0 aliphatic heterocycles. The van der Waals surface area contributed by atoms with Gasteiger partial charge in [-0.15, -0.1) is 0 Å². The lowest BCUT2D eigenvalue weighted by Crippen LogP contribution is -2.32. The fraction of sp³-hybridized carbons (Fsp3) is 0.500. The molecule has 160 valence electrons. The number of rotatable bonds is 9. The standard InChI is InChI=1S/C20H28N2O6S/c1-20(2,3)15-7-9-16(10-8-15)29(24,25)22(11-6-12-26-4)13-18-21-17(14-28-18)19(23)27-5/h7-10,14H,6,11-13H2,1-5H3. The van der Waals surface area contributed by atoms with Crippen LogP contribution in [0.25, 0.3) is 0 Å². The van der Waals surface area contributed by atoms with Gasteiger partial charge in [-0.25, -0.2) is 18.2 Å². The minimum Gasteiger partial charge on any atom is -0.464 e. The minimum absolute atomic E-state index is 0.00808. The third-order valence-electron chi connectivity index (χ3n) is 4.37. The zero-order chi connectivity index (χ0) is 21.7. The average molecular weight is 425 g/mol. The fourth-order valence-electron chi connectivity index (χ4n) is 2.68. The summed E-state index contributed by atoms with van der Waals surface area (Å²) in [6, 6.07) is 6.85. The number of hydrogen-bond acceptors (Lipinski definition) is 7. The van der Waals surface area contributed by atoms with E-state index >= 15 is 0 Å². The summed E-state index contributed by atoms with van der Waals surface area (Å²) < 4.78 is 42.6. The van der Waals surface area contributed by atoms with Gasteiger partial charge in [-0.3, -0.25) is 0 Å². The normalized spacial score (nSPS) is 12.3. The maximum absolute atomic E-state index is 13.2. The van der Waals surface area contributed by atoms with Crippen LogP contribution in [-0.2, 0) is 31.5 Å². The number of sulfonamides is 1. The third-order valence-corrected chi connectivity index (χ3v) is 6.23. The number of esters is 1. The average Bonchev–Trinajstić information content (AvgIpc) is 3.15. The van der Waals surface area contributed by atoms with Crippen molar-refractivity contribution in [2.45, 2.75) is 44.0 Å². The van der Waals surface area contributed by atoms with Crippen molar-refractivity contribution in [3.63, 3.8) is 0 Å². The number of carbonyl (C=O) groups excluding carboxylic acids is 1. The van der Waals surface area contributed by atoms with Crippen molar-refractivity contribution in [1.82, 2.24) is 9.29 Å². The number of ether oxygens (including phenoxy) is 2. The van der Waals surface area contributed by atoms with Gasteiger partial charge >= 0.3 is 5.97 Å². The quantitative estimate of drug-likeness (QED) is 0.451. The molecule has 0 aliphatic rings. The van der Waals surface area contributed by atoms with E-state index in [1.54, 1.807) is 19.2 Å². The summed E-state index contributed by atoms with van der Waals surface area (Å²) in [4.78, 5) is 15.8. The molecule has 0 fully saturated rings. The Hall–Kier alpha value is -2.23. The van der Waals surface area contributed by atoms with E-state index in [1.165, 1.54) is 11.4 Å². The highest BCUT2D eigenvalue weighted by molar-refractivity contribution is 7.89. The Kier molecular flexibility index (Phi) is 7.56. The van der Waals surface area contributed by atoms with Gasteiger partial charge < -0.3 is 13.9 Å². The van der Waals surface area contributed by atoms with Crippen molar-refractivity contribution < 1.29 is 27.1 Å². The third kappa shape index (κ3) is 5.88. The van der Waals surface area contributed by atoms with E-state index in [4.69, 9.17) is 9.15 Å². The molecule has 2 rings (SSSR count). The Balaban J connectivity index is 2.29. The van der Waals surface area contributed by atoms with E-state index in [0.717, 1.165) is 11.8 Å². The van der Waals surface area contributed by atoms with Gasteiger partial charge in [0.05, 0.1) is 18.6 Å². The van der Waals surface area contributed by atoms with Gasteiger partial charge in [0.1, 0.15) is 6.26 Å². The van der Waals surface area contributed by atoms with Crippen molar-refractivity contribution in [2.75, 3.05) is 27.4 Å². The smallest absolute Gasteiger partial charge is 0.360 e. The second-order valence-electron chi connectivity index (χ2n) is 7.58. The van der Waals surface area contributed by atoms with Crippen LogP contribution >= 0.6 is 0 Å². The number of benzene rings is 1. The summed E-state index contributed by atoms with van der Waals surface area (Å²) in [7, 11) is -1.01. The number of nitrogens with zero attached hydrogens (tertiary/aromatic N) is 2. The molecule has 8 nitrogen and oxygen atoms in total. The molecule has 29 heavy (non-hydrogen) atoms. The Bertz CT molecular complexity index is 913. The molecular formula is C20H28N2O6S. The first-order valence-corrected chi connectivity index (χ1v) is 10.7. The molecule has 0 saturated carbocycles. The summed E-state index contributed by atoms with van der Waals surface area (Å²) in [6.07, 6.45) is 1.65. The molecule has 0 unspecified atom stereocenters. The first-order chi connectivity index (χ1) is 13.6. The molecule has 0 saturated heterocycles. The van der Waals surface area contributed by atoms with Crippen LogP contribution in [-0.4, -0.2) is 51.0 Å². The van der Waals surface area contributed by atoms with Crippen molar-refractivity contribution in [1.29, 1.82) is 0 Å². The maximum atomic E-state index is 13.2. The maximum Gasteiger partial charge on any atom is 0.360 e. The molecule has 2 aromatic rings. The highest BCUT2D eigenvalue weighted by atomic mass is 32.2. The predicted molar refractivity (Wildman–Crippen MR) is 107 cm³/mol. The van der Waals surface area contributed by atoms with Gasteiger partial charge in [0.15, 0.2) is 5.69 Å².